The van der Waals surface area contributed by atoms with Gasteiger partial charge in [0.2, 0.25) is 11.8 Å². The fraction of sp³-hybridized carbons (Fsp3) is 0.640. The summed E-state index contributed by atoms with van der Waals surface area (Å²) < 4.78 is 6.59. The van der Waals surface area contributed by atoms with E-state index in [2.05, 4.69) is 50.7 Å². The van der Waals surface area contributed by atoms with Crippen LogP contribution in [-0.2, 0) is 14.4 Å². The number of piperazine rings is 1. The van der Waals surface area contributed by atoms with E-state index in [1.54, 1.807) is 4.90 Å². The summed E-state index contributed by atoms with van der Waals surface area (Å²) in [5.74, 6) is 0.879. The van der Waals surface area contributed by atoms with Crippen molar-refractivity contribution in [3.8, 4) is 5.75 Å². The lowest BCUT2D eigenvalue weighted by atomic mass is 9.71. The predicted octanol–water partition coefficient (Wildman–Crippen LogP) is 2.20. The molecule has 2 atom stereocenters. The van der Waals surface area contributed by atoms with Crippen molar-refractivity contribution >= 4 is 46.4 Å². The molecule has 0 bridgehead atoms. The average molecular weight is 584 g/mol. The zero-order chi connectivity index (χ0) is 24.6. The summed E-state index contributed by atoms with van der Waals surface area (Å²) in [6.07, 6.45) is 1.74. The minimum absolute atomic E-state index is 0.0000734. The Bertz CT molecular complexity index is 846. The lowest BCUT2D eigenvalue weighted by Crippen LogP contribution is -2.53. The van der Waals surface area contributed by atoms with Gasteiger partial charge in [0.05, 0.1) is 18.8 Å². The number of piperidine rings is 1. The van der Waals surface area contributed by atoms with Crippen LogP contribution in [0.1, 0.15) is 26.7 Å². The van der Waals surface area contributed by atoms with Gasteiger partial charge in [0, 0.05) is 63.1 Å². The SMILES string of the molecule is CCOc1ccccc1N1CCN(CCNC(=O)CN2CC(CC=O)C(C)(CI)CC2=O)CC1. The van der Waals surface area contributed by atoms with Crippen LogP contribution in [-0.4, -0.2) is 91.3 Å². The van der Waals surface area contributed by atoms with Crippen molar-refractivity contribution in [1.29, 1.82) is 0 Å². The molecule has 2 heterocycles. The van der Waals surface area contributed by atoms with Gasteiger partial charge in [-0.3, -0.25) is 14.5 Å². The fourth-order valence-electron chi connectivity index (χ4n) is 4.77. The second-order valence-corrected chi connectivity index (χ2v) is 10.2. The molecule has 2 fully saturated rings. The van der Waals surface area contributed by atoms with Crippen LogP contribution in [0.4, 0.5) is 5.69 Å². The smallest absolute Gasteiger partial charge is 0.239 e. The normalized spacial score (nSPS) is 23.6. The van der Waals surface area contributed by atoms with Crippen LogP contribution < -0.4 is 15.0 Å². The van der Waals surface area contributed by atoms with Crippen LogP contribution in [0.25, 0.3) is 0 Å². The molecule has 34 heavy (non-hydrogen) atoms. The number of benzene rings is 1. The highest BCUT2D eigenvalue weighted by Crippen LogP contribution is 2.40. The molecule has 0 aliphatic carbocycles. The molecule has 2 saturated heterocycles. The van der Waals surface area contributed by atoms with Gasteiger partial charge in [-0.05, 0) is 30.4 Å². The van der Waals surface area contributed by atoms with E-state index >= 15 is 0 Å². The molecule has 2 aliphatic rings. The zero-order valence-corrected chi connectivity index (χ0v) is 22.5. The van der Waals surface area contributed by atoms with Crippen molar-refractivity contribution in [3.05, 3.63) is 24.3 Å². The zero-order valence-electron chi connectivity index (χ0n) is 20.3. The molecule has 2 aliphatic heterocycles. The largest absolute Gasteiger partial charge is 0.492 e. The van der Waals surface area contributed by atoms with Gasteiger partial charge in [0.15, 0.2) is 0 Å². The number of ether oxygens (including phenoxy) is 1. The van der Waals surface area contributed by atoms with Gasteiger partial charge in [-0.1, -0.05) is 41.6 Å². The predicted molar refractivity (Wildman–Crippen MR) is 142 cm³/mol. The third-order valence-electron chi connectivity index (χ3n) is 6.98. The first-order chi connectivity index (χ1) is 16.4. The average Bonchev–Trinajstić information content (AvgIpc) is 2.83. The van der Waals surface area contributed by atoms with Gasteiger partial charge in [0.25, 0.3) is 0 Å². The maximum absolute atomic E-state index is 12.6. The molecule has 2 unspecified atom stereocenters. The minimum atomic E-state index is -0.184. The number of amides is 2. The summed E-state index contributed by atoms with van der Waals surface area (Å²) in [4.78, 5) is 42.6. The van der Waals surface area contributed by atoms with Crippen molar-refractivity contribution in [1.82, 2.24) is 15.1 Å². The monoisotopic (exact) mass is 584 g/mol. The summed E-state index contributed by atoms with van der Waals surface area (Å²) in [6, 6.07) is 8.15. The first kappa shape index (κ1) is 26.7. The first-order valence-electron chi connectivity index (χ1n) is 12.1. The number of likely N-dealkylation sites (tertiary alicyclic amines) is 1. The molecular formula is C25H37IN4O4. The highest BCUT2D eigenvalue weighted by molar-refractivity contribution is 14.1. The van der Waals surface area contributed by atoms with E-state index in [1.807, 2.05) is 25.1 Å². The van der Waals surface area contributed by atoms with Crippen molar-refractivity contribution in [2.75, 3.05) is 68.3 Å². The number of anilines is 1. The molecule has 0 aromatic heterocycles. The number of aldehydes is 1. The number of hydrogen-bond acceptors (Lipinski definition) is 6. The standard InChI is InChI=1S/C25H37IN4O4/c1-3-34-22-7-5-4-6-21(22)29-13-11-28(12-14-29)10-9-27-23(32)18-30-17-20(8-15-31)25(2,19-26)16-24(30)33/h4-7,15,20H,3,8-14,16-19H2,1-2H3,(H,27,32). The molecule has 0 spiro atoms. The molecule has 1 aromatic carbocycles. The van der Waals surface area contributed by atoms with E-state index in [-0.39, 0.29) is 29.7 Å². The van der Waals surface area contributed by atoms with Crippen molar-refractivity contribution in [3.63, 3.8) is 0 Å². The second kappa shape index (κ2) is 12.7. The topological polar surface area (TPSA) is 82.2 Å². The van der Waals surface area contributed by atoms with E-state index < -0.39 is 0 Å². The van der Waals surface area contributed by atoms with Crippen LogP contribution in [0.2, 0.25) is 0 Å². The molecule has 1 N–H and O–H groups in total. The number of carbonyl (C=O) groups excluding carboxylic acids is 3. The van der Waals surface area contributed by atoms with Crippen LogP contribution in [0.15, 0.2) is 24.3 Å². The number of carbonyl (C=O) groups is 3. The van der Waals surface area contributed by atoms with Gasteiger partial charge in [-0.15, -0.1) is 0 Å². The van der Waals surface area contributed by atoms with Crippen molar-refractivity contribution in [2.45, 2.75) is 26.7 Å². The minimum Gasteiger partial charge on any atom is -0.492 e. The Morgan fingerprint density at radius 2 is 2.00 bits per heavy atom. The Morgan fingerprint density at radius 3 is 2.68 bits per heavy atom. The molecule has 2 amide bonds. The lowest BCUT2D eigenvalue weighted by molar-refractivity contribution is -0.144. The molecule has 8 nitrogen and oxygen atoms in total. The fourth-order valence-corrected chi connectivity index (χ4v) is 5.66. The Labute approximate surface area is 216 Å². The Balaban J connectivity index is 1.40. The van der Waals surface area contributed by atoms with E-state index in [0.717, 1.165) is 54.9 Å². The van der Waals surface area contributed by atoms with Gasteiger partial charge < -0.3 is 24.6 Å². The number of nitrogens with one attached hydrogen (secondary N) is 1. The lowest BCUT2D eigenvalue weighted by Gasteiger charge is -2.44. The van der Waals surface area contributed by atoms with Gasteiger partial charge >= 0.3 is 0 Å². The number of para-hydroxylation sites is 2. The molecule has 1 aromatic rings. The summed E-state index contributed by atoms with van der Waals surface area (Å²) in [5, 5.41) is 2.97. The summed E-state index contributed by atoms with van der Waals surface area (Å²) >= 11 is 2.29. The van der Waals surface area contributed by atoms with Crippen LogP contribution in [0.3, 0.4) is 0 Å². The van der Waals surface area contributed by atoms with Crippen LogP contribution >= 0.6 is 22.6 Å². The molecule has 0 saturated carbocycles. The molecule has 9 heteroatoms. The third kappa shape index (κ3) is 6.84. The van der Waals surface area contributed by atoms with Crippen molar-refractivity contribution < 1.29 is 19.1 Å². The maximum atomic E-state index is 12.6. The van der Waals surface area contributed by atoms with E-state index in [4.69, 9.17) is 4.74 Å². The summed E-state index contributed by atoms with van der Waals surface area (Å²) in [7, 11) is 0. The number of alkyl halides is 1. The quantitative estimate of drug-likeness (QED) is 0.244. The van der Waals surface area contributed by atoms with Crippen LogP contribution in [0, 0.1) is 11.3 Å². The summed E-state index contributed by atoms with van der Waals surface area (Å²) in [5.41, 5.74) is 0.951. The Morgan fingerprint density at radius 1 is 1.26 bits per heavy atom. The first-order valence-corrected chi connectivity index (χ1v) is 13.7. The number of nitrogens with zero attached hydrogens (tertiary/aromatic N) is 3. The summed E-state index contributed by atoms with van der Waals surface area (Å²) in [6.45, 7) is 10.2. The van der Waals surface area contributed by atoms with Gasteiger partial charge in [-0.2, -0.15) is 0 Å². The Kier molecular flexibility index (Phi) is 9.99. The van der Waals surface area contributed by atoms with Crippen molar-refractivity contribution in [2.24, 2.45) is 11.3 Å². The van der Waals surface area contributed by atoms with E-state index in [1.165, 1.54) is 0 Å². The van der Waals surface area contributed by atoms with Gasteiger partial charge in [-0.25, -0.2) is 0 Å². The molecule has 188 valence electrons. The molecular weight excluding hydrogens is 547 g/mol. The van der Waals surface area contributed by atoms with E-state index in [9.17, 15) is 14.4 Å². The number of rotatable bonds is 11. The number of halogens is 1. The highest BCUT2D eigenvalue weighted by Gasteiger charge is 2.42. The molecule has 3 rings (SSSR count). The van der Waals surface area contributed by atoms with E-state index in [0.29, 0.717) is 32.5 Å². The number of hydrogen-bond donors (Lipinski definition) is 1. The second-order valence-electron chi connectivity index (χ2n) is 9.42. The third-order valence-corrected chi connectivity index (χ3v) is 8.73. The maximum Gasteiger partial charge on any atom is 0.239 e. The highest BCUT2D eigenvalue weighted by atomic mass is 127. The van der Waals surface area contributed by atoms with Gasteiger partial charge in [0.1, 0.15) is 12.0 Å². The Hall–Kier alpha value is -1.88. The van der Waals surface area contributed by atoms with Crippen LogP contribution in [0.5, 0.6) is 5.75 Å². The molecule has 0 radical (unpaired) electrons.